The van der Waals surface area contributed by atoms with Crippen molar-refractivity contribution in [3.05, 3.63) is 23.3 Å². The molecule has 0 aliphatic carbocycles. The number of ether oxygens (including phenoxy) is 2. The van der Waals surface area contributed by atoms with Crippen molar-refractivity contribution in [2.24, 2.45) is 5.73 Å². The summed E-state index contributed by atoms with van der Waals surface area (Å²) in [5, 5.41) is 0. The third-order valence-corrected chi connectivity index (χ3v) is 1.99. The van der Waals surface area contributed by atoms with Crippen LogP contribution in [0.1, 0.15) is 15.9 Å². The highest BCUT2D eigenvalue weighted by Crippen LogP contribution is 2.30. The van der Waals surface area contributed by atoms with E-state index in [0.717, 1.165) is 5.56 Å². The molecule has 0 radical (unpaired) electrons. The van der Waals surface area contributed by atoms with Gasteiger partial charge < -0.3 is 15.2 Å². The number of methoxy groups -OCH3 is 2. The molecule has 1 aromatic carbocycles. The Kier molecular flexibility index (Phi) is 2.96. The van der Waals surface area contributed by atoms with Crippen LogP contribution in [-0.4, -0.2) is 20.1 Å². The summed E-state index contributed by atoms with van der Waals surface area (Å²) >= 11 is 0. The van der Waals surface area contributed by atoms with Crippen LogP contribution in [0.3, 0.4) is 0 Å². The van der Waals surface area contributed by atoms with Crippen LogP contribution in [0.5, 0.6) is 11.5 Å². The van der Waals surface area contributed by atoms with Gasteiger partial charge in [-0.15, -0.1) is 0 Å². The van der Waals surface area contributed by atoms with E-state index in [4.69, 9.17) is 15.2 Å². The SMILES string of the molecule is COc1ccc(C)c(OC)c1C(N)=O. The van der Waals surface area contributed by atoms with E-state index in [1.165, 1.54) is 14.2 Å². The molecule has 76 valence electrons. The number of primary amides is 1. The second-order valence-electron chi connectivity index (χ2n) is 2.86. The summed E-state index contributed by atoms with van der Waals surface area (Å²) in [6.07, 6.45) is 0. The minimum absolute atomic E-state index is 0.287. The standard InChI is InChI=1S/C10H13NO3/c1-6-4-5-7(13-2)8(10(11)12)9(6)14-3/h4-5H,1-3H3,(H2,11,12). The van der Waals surface area contributed by atoms with Crippen molar-refractivity contribution in [3.63, 3.8) is 0 Å². The Morgan fingerprint density at radius 3 is 2.36 bits per heavy atom. The zero-order chi connectivity index (χ0) is 10.7. The Bertz CT molecular complexity index is 361. The van der Waals surface area contributed by atoms with E-state index in [1.807, 2.05) is 13.0 Å². The van der Waals surface area contributed by atoms with Crippen LogP contribution in [0.2, 0.25) is 0 Å². The quantitative estimate of drug-likeness (QED) is 0.785. The van der Waals surface area contributed by atoms with Crippen LogP contribution in [0, 0.1) is 6.92 Å². The molecule has 0 heterocycles. The molecule has 0 bridgehead atoms. The van der Waals surface area contributed by atoms with Gasteiger partial charge in [-0.2, -0.15) is 0 Å². The molecule has 4 heteroatoms. The molecular formula is C10H13NO3. The summed E-state index contributed by atoms with van der Waals surface area (Å²) in [5.41, 5.74) is 6.37. The maximum absolute atomic E-state index is 11.2. The minimum Gasteiger partial charge on any atom is -0.496 e. The number of carbonyl (C=O) groups is 1. The van der Waals surface area contributed by atoms with E-state index in [2.05, 4.69) is 0 Å². The van der Waals surface area contributed by atoms with Gasteiger partial charge in [-0.25, -0.2) is 0 Å². The first-order valence-corrected chi connectivity index (χ1v) is 4.13. The highest BCUT2D eigenvalue weighted by atomic mass is 16.5. The molecule has 1 amide bonds. The van der Waals surface area contributed by atoms with Crippen LogP contribution in [0.25, 0.3) is 0 Å². The number of hydrogen-bond acceptors (Lipinski definition) is 3. The fraction of sp³-hybridized carbons (Fsp3) is 0.300. The average molecular weight is 195 g/mol. The van der Waals surface area contributed by atoms with Crippen molar-refractivity contribution in [1.82, 2.24) is 0 Å². The summed E-state index contributed by atoms with van der Waals surface area (Å²) in [6, 6.07) is 3.50. The Hall–Kier alpha value is -1.71. The zero-order valence-electron chi connectivity index (χ0n) is 8.46. The number of carbonyl (C=O) groups excluding carboxylic acids is 1. The van der Waals surface area contributed by atoms with E-state index in [9.17, 15) is 4.79 Å². The summed E-state index contributed by atoms with van der Waals surface area (Å²) in [5.74, 6) is 0.346. The lowest BCUT2D eigenvalue weighted by Gasteiger charge is -2.12. The largest absolute Gasteiger partial charge is 0.496 e. The molecule has 2 N–H and O–H groups in total. The second kappa shape index (κ2) is 4.00. The summed E-state index contributed by atoms with van der Waals surface area (Å²) in [4.78, 5) is 11.2. The van der Waals surface area contributed by atoms with E-state index in [1.54, 1.807) is 6.07 Å². The number of benzene rings is 1. The Morgan fingerprint density at radius 2 is 1.93 bits per heavy atom. The topological polar surface area (TPSA) is 61.6 Å². The van der Waals surface area contributed by atoms with Gasteiger partial charge in [0.15, 0.2) is 0 Å². The van der Waals surface area contributed by atoms with Crippen molar-refractivity contribution >= 4 is 5.91 Å². The van der Waals surface area contributed by atoms with Crippen molar-refractivity contribution < 1.29 is 14.3 Å². The van der Waals surface area contributed by atoms with Gasteiger partial charge in [0.1, 0.15) is 17.1 Å². The number of hydrogen-bond donors (Lipinski definition) is 1. The molecule has 0 atom stereocenters. The zero-order valence-corrected chi connectivity index (χ0v) is 8.46. The number of rotatable bonds is 3. The van der Waals surface area contributed by atoms with Gasteiger partial charge in [-0.3, -0.25) is 4.79 Å². The van der Waals surface area contributed by atoms with Crippen molar-refractivity contribution in [3.8, 4) is 11.5 Å². The first kappa shape index (κ1) is 10.4. The molecule has 0 saturated heterocycles. The van der Waals surface area contributed by atoms with Gasteiger partial charge in [-0.1, -0.05) is 6.07 Å². The van der Waals surface area contributed by atoms with Gasteiger partial charge in [0.2, 0.25) is 0 Å². The van der Waals surface area contributed by atoms with E-state index in [-0.39, 0.29) is 5.56 Å². The lowest BCUT2D eigenvalue weighted by atomic mass is 10.1. The average Bonchev–Trinajstić information content (AvgIpc) is 2.17. The minimum atomic E-state index is -0.553. The first-order chi connectivity index (χ1) is 6.61. The lowest BCUT2D eigenvalue weighted by Crippen LogP contribution is -2.14. The molecule has 0 fully saturated rings. The maximum Gasteiger partial charge on any atom is 0.256 e. The third kappa shape index (κ3) is 1.64. The van der Waals surface area contributed by atoms with Crippen LogP contribution < -0.4 is 15.2 Å². The molecular weight excluding hydrogens is 182 g/mol. The van der Waals surface area contributed by atoms with Crippen LogP contribution in [0.4, 0.5) is 0 Å². The summed E-state index contributed by atoms with van der Waals surface area (Å²) in [6.45, 7) is 1.84. The molecule has 1 aromatic rings. The van der Waals surface area contributed by atoms with Gasteiger partial charge in [-0.05, 0) is 18.6 Å². The first-order valence-electron chi connectivity index (χ1n) is 4.13. The lowest BCUT2D eigenvalue weighted by molar-refractivity contribution is 0.0994. The molecule has 0 aliphatic heterocycles. The predicted molar refractivity (Wildman–Crippen MR) is 52.8 cm³/mol. The van der Waals surface area contributed by atoms with Crippen molar-refractivity contribution in [2.45, 2.75) is 6.92 Å². The number of amides is 1. The third-order valence-electron chi connectivity index (χ3n) is 1.99. The molecule has 14 heavy (non-hydrogen) atoms. The van der Waals surface area contributed by atoms with Crippen molar-refractivity contribution in [2.75, 3.05) is 14.2 Å². The van der Waals surface area contributed by atoms with Crippen molar-refractivity contribution in [1.29, 1.82) is 0 Å². The monoisotopic (exact) mass is 195 g/mol. The summed E-state index contributed by atoms with van der Waals surface area (Å²) < 4.78 is 10.1. The predicted octanol–water partition coefficient (Wildman–Crippen LogP) is 1.11. The maximum atomic E-state index is 11.2. The Balaban J connectivity index is 3.43. The molecule has 4 nitrogen and oxygen atoms in total. The van der Waals surface area contributed by atoms with Crippen LogP contribution in [-0.2, 0) is 0 Å². The highest BCUT2D eigenvalue weighted by molar-refractivity contribution is 5.99. The molecule has 0 aliphatic rings. The smallest absolute Gasteiger partial charge is 0.256 e. The molecule has 0 unspecified atom stereocenters. The van der Waals surface area contributed by atoms with Crippen LogP contribution >= 0.6 is 0 Å². The molecule has 0 saturated carbocycles. The number of nitrogens with two attached hydrogens (primary N) is 1. The second-order valence-corrected chi connectivity index (χ2v) is 2.86. The van der Waals surface area contributed by atoms with E-state index < -0.39 is 5.91 Å². The fourth-order valence-corrected chi connectivity index (χ4v) is 1.34. The van der Waals surface area contributed by atoms with E-state index >= 15 is 0 Å². The molecule has 0 spiro atoms. The van der Waals surface area contributed by atoms with E-state index in [0.29, 0.717) is 11.5 Å². The Labute approximate surface area is 82.6 Å². The number of aryl methyl sites for hydroxylation is 1. The van der Waals surface area contributed by atoms with Gasteiger partial charge in [0, 0.05) is 0 Å². The van der Waals surface area contributed by atoms with Gasteiger partial charge in [0.05, 0.1) is 14.2 Å². The molecule has 0 aromatic heterocycles. The molecule has 1 rings (SSSR count). The van der Waals surface area contributed by atoms with Gasteiger partial charge >= 0.3 is 0 Å². The Morgan fingerprint density at radius 1 is 1.29 bits per heavy atom. The normalized spacial score (nSPS) is 9.64. The summed E-state index contributed by atoms with van der Waals surface area (Å²) in [7, 11) is 2.98. The van der Waals surface area contributed by atoms with Crippen LogP contribution in [0.15, 0.2) is 12.1 Å². The highest BCUT2D eigenvalue weighted by Gasteiger charge is 2.17. The van der Waals surface area contributed by atoms with Gasteiger partial charge in [0.25, 0.3) is 5.91 Å². The fourth-order valence-electron chi connectivity index (χ4n) is 1.34.